The smallest absolute Gasteiger partial charge is 0.0566 e. The molecule has 1 aromatic carbocycles. The van der Waals surface area contributed by atoms with Gasteiger partial charge in [0.25, 0.3) is 0 Å². The van der Waals surface area contributed by atoms with Crippen molar-refractivity contribution in [2.24, 2.45) is 22.7 Å². The topological polar surface area (TPSA) is 12.4 Å². The zero-order chi connectivity index (χ0) is 16.7. The summed E-state index contributed by atoms with van der Waals surface area (Å²) in [5.41, 5.74) is 7.60. The molecular formula is C22H27N. The lowest BCUT2D eigenvalue weighted by Crippen LogP contribution is -2.04. The first-order valence-electron chi connectivity index (χ1n) is 8.59. The molecule has 1 nitrogen and oxygen atoms in total. The van der Waals surface area contributed by atoms with Crippen LogP contribution in [0.5, 0.6) is 0 Å². The third-order valence-corrected chi connectivity index (χ3v) is 5.70. The van der Waals surface area contributed by atoms with Gasteiger partial charge in [0.2, 0.25) is 0 Å². The average Bonchev–Trinajstić information content (AvgIpc) is 3.18. The standard InChI is InChI=1S/C22H27N/c1-13(2)20(19-10-8-7-9-14(19)3)11-18-12-23-22-17(6)21(22)16(5)15(18)4/h7-12,16-17,21-22H,1H2,2-6H3. The van der Waals surface area contributed by atoms with Gasteiger partial charge in [-0.1, -0.05) is 55.8 Å². The molecule has 1 heterocycles. The molecule has 0 saturated heterocycles. The van der Waals surface area contributed by atoms with Crippen molar-refractivity contribution < 1.29 is 0 Å². The predicted octanol–water partition coefficient (Wildman–Crippen LogP) is 5.63. The van der Waals surface area contributed by atoms with E-state index < -0.39 is 0 Å². The number of allylic oxidation sites excluding steroid dienone is 5. The van der Waals surface area contributed by atoms with Crippen LogP contribution < -0.4 is 0 Å². The molecule has 23 heavy (non-hydrogen) atoms. The van der Waals surface area contributed by atoms with Crippen LogP contribution in [0.3, 0.4) is 0 Å². The molecule has 0 radical (unpaired) electrons. The molecule has 1 aliphatic carbocycles. The maximum atomic E-state index is 4.83. The average molecular weight is 305 g/mol. The maximum absolute atomic E-state index is 4.83. The van der Waals surface area contributed by atoms with E-state index in [0.717, 1.165) is 17.4 Å². The Hall–Kier alpha value is -1.89. The third kappa shape index (κ3) is 2.85. The lowest BCUT2D eigenvalue weighted by Gasteiger charge is -2.15. The monoisotopic (exact) mass is 305 g/mol. The highest BCUT2D eigenvalue weighted by molar-refractivity contribution is 5.91. The summed E-state index contributed by atoms with van der Waals surface area (Å²) in [6.45, 7) is 15.4. The van der Waals surface area contributed by atoms with Crippen molar-refractivity contribution in [3.05, 3.63) is 64.8 Å². The van der Waals surface area contributed by atoms with Crippen molar-refractivity contribution in [2.75, 3.05) is 0 Å². The quantitative estimate of drug-likeness (QED) is 0.642. The molecule has 4 atom stereocenters. The molecule has 1 fully saturated rings. The van der Waals surface area contributed by atoms with Crippen LogP contribution >= 0.6 is 0 Å². The summed E-state index contributed by atoms with van der Waals surface area (Å²) in [6, 6.07) is 9.05. The maximum Gasteiger partial charge on any atom is 0.0566 e. The molecule has 120 valence electrons. The third-order valence-electron chi connectivity index (χ3n) is 5.70. The van der Waals surface area contributed by atoms with Crippen LogP contribution in [0.1, 0.15) is 38.8 Å². The second kappa shape index (κ2) is 5.96. The van der Waals surface area contributed by atoms with Crippen LogP contribution in [0.15, 0.2) is 58.6 Å². The lowest BCUT2D eigenvalue weighted by molar-refractivity contribution is 0.550. The Morgan fingerprint density at radius 3 is 2.52 bits per heavy atom. The molecule has 3 rings (SSSR count). The summed E-state index contributed by atoms with van der Waals surface area (Å²) in [4.78, 5) is 4.83. The van der Waals surface area contributed by atoms with Gasteiger partial charge >= 0.3 is 0 Å². The number of hydrogen-bond donors (Lipinski definition) is 0. The Balaban J connectivity index is 2.05. The van der Waals surface area contributed by atoms with Gasteiger partial charge in [0, 0.05) is 6.21 Å². The number of rotatable bonds is 3. The van der Waals surface area contributed by atoms with Crippen molar-refractivity contribution in [2.45, 2.75) is 40.7 Å². The van der Waals surface area contributed by atoms with Gasteiger partial charge in [-0.05, 0) is 66.9 Å². The number of hydrogen-bond acceptors (Lipinski definition) is 1. The SMILES string of the molecule is C=C(C)C(=CC1=C(C)C(C)C2C(C)C2N=C1)c1ccccc1C. The van der Waals surface area contributed by atoms with Crippen LogP contribution in [0, 0.1) is 24.7 Å². The van der Waals surface area contributed by atoms with E-state index in [1.807, 2.05) is 0 Å². The van der Waals surface area contributed by atoms with Crippen LogP contribution in [-0.4, -0.2) is 12.3 Å². The van der Waals surface area contributed by atoms with Crippen molar-refractivity contribution in [3.63, 3.8) is 0 Å². The van der Waals surface area contributed by atoms with E-state index in [9.17, 15) is 0 Å². The largest absolute Gasteiger partial charge is 0.289 e. The zero-order valence-electron chi connectivity index (χ0n) is 14.9. The molecule has 0 N–H and O–H groups in total. The van der Waals surface area contributed by atoms with Crippen molar-refractivity contribution in [3.8, 4) is 0 Å². The van der Waals surface area contributed by atoms with Gasteiger partial charge < -0.3 is 0 Å². The molecule has 0 bridgehead atoms. The van der Waals surface area contributed by atoms with E-state index in [0.29, 0.717) is 12.0 Å². The Labute approximate surface area is 140 Å². The minimum absolute atomic E-state index is 0.526. The second-order valence-corrected chi connectivity index (χ2v) is 7.29. The van der Waals surface area contributed by atoms with Gasteiger partial charge in [0.15, 0.2) is 0 Å². The van der Waals surface area contributed by atoms with Crippen LogP contribution in [-0.2, 0) is 0 Å². The highest BCUT2D eigenvalue weighted by atomic mass is 14.9. The molecule has 1 heteroatoms. The Morgan fingerprint density at radius 1 is 1.17 bits per heavy atom. The molecule has 1 saturated carbocycles. The van der Waals surface area contributed by atoms with E-state index >= 15 is 0 Å². The number of aryl methyl sites for hydroxylation is 1. The Morgan fingerprint density at radius 2 is 1.87 bits per heavy atom. The van der Waals surface area contributed by atoms with Crippen LogP contribution in [0.4, 0.5) is 0 Å². The Bertz CT molecular complexity index is 732. The van der Waals surface area contributed by atoms with Gasteiger partial charge in [-0.2, -0.15) is 0 Å². The summed E-state index contributed by atoms with van der Waals surface area (Å²) < 4.78 is 0. The van der Waals surface area contributed by atoms with E-state index in [1.165, 1.54) is 27.8 Å². The van der Waals surface area contributed by atoms with Gasteiger partial charge in [0.05, 0.1) is 6.04 Å². The Kier molecular flexibility index (Phi) is 4.14. The fourth-order valence-electron chi connectivity index (χ4n) is 3.89. The molecule has 0 amide bonds. The van der Waals surface area contributed by atoms with E-state index in [1.54, 1.807) is 0 Å². The van der Waals surface area contributed by atoms with Gasteiger partial charge in [-0.15, -0.1) is 0 Å². The molecular weight excluding hydrogens is 278 g/mol. The fourth-order valence-corrected chi connectivity index (χ4v) is 3.89. The first-order chi connectivity index (χ1) is 10.9. The minimum Gasteiger partial charge on any atom is -0.289 e. The van der Waals surface area contributed by atoms with Crippen LogP contribution in [0.25, 0.3) is 5.57 Å². The molecule has 0 aromatic heterocycles. The van der Waals surface area contributed by atoms with Crippen molar-refractivity contribution in [1.29, 1.82) is 0 Å². The second-order valence-electron chi connectivity index (χ2n) is 7.29. The summed E-state index contributed by atoms with van der Waals surface area (Å²) in [7, 11) is 0. The van der Waals surface area contributed by atoms with Gasteiger partial charge in [0.1, 0.15) is 0 Å². The molecule has 0 spiro atoms. The first-order valence-corrected chi connectivity index (χ1v) is 8.59. The first kappa shape index (κ1) is 16.0. The molecule has 2 aliphatic rings. The zero-order valence-corrected chi connectivity index (χ0v) is 14.9. The van der Waals surface area contributed by atoms with E-state index in [4.69, 9.17) is 4.99 Å². The summed E-state index contributed by atoms with van der Waals surface area (Å²) in [6.07, 6.45) is 4.39. The fraction of sp³-hybridized carbons (Fsp3) is 0.409. The summed E-state index contributed by atoms with van der Waals surface area (Å²) >= 11 is 0. The van der Waals surface area contributed by atoms with E-state index in [-0.39, 0.29) is 0 Å². The van der Waals surface area contributed by atoms with Crippen molar-refractivity contribution in [1.82, 2.24) is 0 Å². The van der Waals surface area contributed by atoms with Gasteiger partial charge in [-0.3, -0.25) is 4.99 Å². The molecule has 1 aliphatic heterocycles. The van der Waals surface area contributed by atoms with Crippen LogP contribution in [0.2, 0.25) is 0 Å². The summed E-state index contributed by atoms with van der Waals surface area (Å²) in [5.74, 6) is 2.06. The normalized spacial score (nSPS) is 30.0. The van der Waals surface area contributed by atoms with Gasteiger partial charge in [-0.25, -0.2) is 0 Å². The van der Waals surface area contributed by atoms with Crippen molar-refractivity contribution >= 4 is 11.8 Å². The van der Waals surface area contributed by atoms with E-state index in [2.05, 4.69) is 77.8 Å². The number of fused-ring (bicyclic) bond motifs is 1. The number of aliphatic imine (C=N–C) groups is 1. The molecule has 1 aromatic rings. The highest BCUT2D eigenvalue weighted by Gasteiger charge is 2.50. The number of nitrogens with zero attached hydrogens (tertiary/aromatic N) is 1. The minimum atomic E-state index is 0.526. The lowest BCUT2D eigenvalue weighted by atomic mass is 9.89. The predicted molar refractivity (Wildman–Crippen MR) is 101 cm³/mol. The molecule has 4 unspecified atom stereocenters. The summed E-state index contributed by atoms with van der Waals surface area (Å²) in [5, 5.41) is 0. The highest BCUT2D eigenvalue weighted by Crippen LogP contribution is 2.50. The number of benzene rings is 1.